The van der Waals surface area contributed by atoms with Crippen molar-refractivity contribution in [1.82, 2.24) is 4.90 Å². The molecule has 0 fully saturated rings. The fraction of sp³-hybridized carbons (Fsp3) is 0.600. The number of nitrogens with two attached hydrogens (primary N) is 1. The lowest BCUT2D eigenvalue weighted by Gasteiger charge is -2.34. The number of rotatable bonds is 9. The number of nitrogens with zero attached hydrogens (tertiary/aromatic N) is 1. The Morgan fingerprint density at radius 2 is 1.60 bits per heavy atom. The molecular formula is C15H25ClN2O2. The SMILES string of the molecule is COCCN(CCOC)C(c1ccc(Cl)cc1)C(C)N. The summed E-state index contributed by atoms with van der Waals surface area (Å²) in [6, 6.07) is 7.99. The van der Waals surface area contributed by atoms with E-state index in [2.05, 4.69) is 4.90 Å². The average molecular weight is 301 g/mol. The lowest BCUT2D eigenvalue weighted by Crippen LogP contribution is -2.42. The Hall–Kier alpha value is -0.650. The molecule has 0 saturated carbocycles. The Morgan fingerprint density at radius 1 is 1.10 bits per heavy atom. The molecule has 1 rings (SSSR count). The van der Waals surface area contributed by atoms with Crippen molar-refractivity contribution in [3.8, 4) is 0 Å². The molecule has 0 aliphatic rings. The minimum Gasteiger partial charge on any atom is -0.383 e. The number of ether oxygens (including phenoxy) is 2. The highest BCUT2D eigenvalue weighted by Crippen LogP contribution is 2.24. The molecule has 0 aliphatic heterocycles. The zero-order chi connectivity index (χ0) is 15.0. The lowest BCUT2D eigenvalue weighted by molar-refractivity contribution is 0.0801. The molecule has 2 atom stereocenters. The van der Waals surface area contributed by atoms with Gasteiger partial charge in [0.2, 0.25) is 0 Å². The normalized spacial score (nSPS) is 14.5. The largest absolute Gasteiger partial charge is 0.383 e. The highest BCUT2D eigenvalue weighted by molar-refractivity contribution is 6.30. The van der Waals surface area contributed by atoms with Gasteiger partial charge in [-0.25, -0.2) is 0 Å². The van der Waals surface area contributed by atoms with Crippen molar-refractivity contribution < 1.29 is 9.47 Å². The van der Waals surface area contributed by atoms with Crippen molar-refractivity contribution in [1.29, 1.82) is 0 Å². The van der Waals surface area contributed by atoms with Gasteiger partial charge in [0.1, 0.15) is 0 Å². The van der Waals surface area contributed by atoms with Crippen LogP contribution in [0.5, 0.6) is 0 Å². The zero-order valence-corrected chi connectivity index (χ0v) is 13.3. The first-order valence-electron chi connectivity index (χ1n) is 6.83. The average Bonchev–Trinajstić information content (AvgIpc) is 2.43. The van der Waals surface area contributed by atoms with Gasteiger partial charge >= 0.3 is 0 Å². The molecule has 2 unspecified atom stereocenters. The molecular weight excluding hydrogens is 276 g/mol. The third-order valence-electron chi connectivity index (χ3n) is 3.27. The van der Waals surface area contributed by atoms with Crippen molar-refractivity contribution >= 4 is 11.6 Å². The van der Waals surface area contributed by atoms with E-state index >= 15 is 0 Å². The molecule has 0 amide bonds. The van der Waals surface area contributed by atoms with E-state index in [4.69, 9.17) is 26.8 Å². The monoisotopic (exact) mass is 300 g/mol. The van der Waals surface area contributed by atoms with E-state index < -0.39 is 0 Å². The van der Waals surface area contributed by atoms with Crippen molar-refractivity contribution in [3.63, 3.8) is 0 Å². The second-order valence-corrected chi connectivity index (χ2v) is 5.31. The van der Waals surface area contributed by atoms with E-state index in [1.165, 1.54) is 0 Å². The highest BCUT2D eigenvalue weighted by Gasteiger charge is 2.23. The van der Waals surface area contributed by atoms with Gasteiger partial charge in [0.25, 0.3) is 0 Å². The zero-order valence-electron chi connectivity index (χ0n) is 12.5. The predicted molar refractivity (Wildman–Crippen MR) is 83.2 cm³/mol. The van der Waals surface area contributed by atoms with Crippen LogP contribution in [-0.2, 0) is 9.47 Å². The topological polar surface area (TPSA) is 47.7 Å². The second-order valence-electron chi connectivity index (χ2n) is 4.88. The van der Waals surface area contributed by atoms with Gasteiger partial charge in [0.15, 0.2) is 0 Å². The second kappa shape index (κ2) is 9.32. The van der Waals surface area contributed by atoms with Crippen LogP contribution in [0.4, 0.5) is 0 Å². The molecule has 1 aromatic rings. The van der Waals surface area contributed by atoms with E-state index in [-0.39, 0.29) is 12.1 Å². The Morgan fingerprint density at radius 3 is 2.00 bits per heavy atom. The summed E-state index contributed by atoms with van der Waals surface area (Å²) in [6.45, 7) is 4.98. The molecule has 2 N–H and O–H groups in total. The molecule has 4 nitrogen and oxygen atoms in total. The summed E-state index contributed by atoms with van der Waals surface area (Å²) in [5, 5.41) is 0.734. The Kier molecular flexibility index (Phi) is 8.11. The van der Waals surface area contributed by atoms with E-state index in [1.54, 1.807) is 14.2 Å². The van der Waals surface area contributed by atoms with Crippen molar-refractivity contribution in [2.24, 2.45) is 5.73 Å². The van der Waals surface area contributed by atoms with Gasteiger partial charge < -0.3 is 15.2 Å². The highest BCUT2D eigenvalue weighted by atomic mass is 35.5. The van der Waals surface area contributed by atoms with Gasteiger partial charge in [0.05, 0.1) is 13.2 Å². The Labute approximate surface area is 126 Å². The molecule has 0 aromatic heterocycles. The van der Waals surface area contributed by atoms with Gasteiger partial charge in [-0.3, -0.25) is 4.90 Å². The summed E-state index contributed by atoms with van der Waals surface area (Å²) in [6.07, 6.45) is 0. The first-order valence-corrected chi connectivity index (χ1v) is 7.21. The molecule has 0 radical (unpaired) electrons. The molecule has 0 aliphatic carbocycles. The maximum Gasteiger partial charge on any atom is 0.0589 e. The molecule has 1 aromatic carbocycles. The van der Waals surface area contributed by atoms with Gasteiger partial charge in [-0.1, -0.05) is 23.7 Å². The number of benzene rings is 1. The van der Waals surface area contributed by atoms with Crippen molar-refractivity contribution in [3.05, 3.63) is 34.9 Å². The minimum absolute atomic E-state index is 0.00453. The Bertz CT molecular complexity index is 363. The molecule has 20 heavy (non-hydrogen) atoms. The molecule has 5 heteroatoms. The van der Waals surface area contributed by atoms with Crippen LogP contribution in [0.1, 0.15) is 18.5 Å². The van der Waals surface area contributed by atoms with Crippen LogP contribution < -0.4 is 5.73 Å². The van der Waals surface area contributed by atoms with Gasteiger partial charge in [0, 0.05) is 44.4 Å². The molecule has 114 valence electrons. The third-order valence-corrected chi connectivity index (χ3v) is 3.52. The number of methoxy groups -OCH3 is 2. The van der Waals surface area contributed by atoms with Crippen LogP contribution in [0.15, 0.2) is 24.3 Å². The van der Waals surface area contributed by atoms with E-state index in [9.17, 15) is 0 Å². The number of hydrogen-bond donors (Lipinski definition) is 1. The molecule has 0 bridgehead atoms. The van der Waals surface area contributed by atoms with Gasteiger partial charge in [-0.15, -0.1) is 0 Å². The maximum absolute atomic E-state index is 6.19. The maximum atomic E-state index is 6.19. The van der Waals surface area contributed by atoms with Crippen molar-refractivity contribution in [2.75, 3.05) is 40.5 Å². The van der Waals surface area contributed by atoms with Crippen molar-refractivity contribution in [2.45, 2.75) is 19.0 Å². The van der Waals surface area contributed by atoms with Crippen LogP contribution in [0.25, 0.3) is 0 Å². The number of hydrogen-bond acceptors (Lipinski definition) is 4. The Balaban J connectivity index is 2.90. The van der Waals surface area contributed by atoms with E-state index in [0.29, 0.717) is 13.2 Å². The lowest BCUT2D eigenvalue weighted by atomic mass is 9.99. The standard InChI is InChI=1S/C15H25ClN2O2/c1-12(17)15(13-4-6-14(16)7-5-13)18(8-10-19-2)9-11-20-3/h4-7,12,15H,8-11,17H2,1-3H3. The molecule has 0 spiro atoms. The summed E-state index contributed by atoms with van der Waals surface area (Å²) in [5.74, 6) is 0. The van der Waals surface area contributed by atoms with Crippen LogP contribution in [0.2, 0.25) is 5.02 Å². The summed E-state index contributed by atoms with van der Waals surface area (Å²) < 4.78 is 10.4. The fourth-order valence-corrected chi connectivity index (χ4v) is 2.44. The summed E-state index contributed by atoms with van der Waals surface area (Å²) >= 11 is 5.96. The fourth-order valence-electron chi connectivity index (χ4n) is 2.31. The first-order chi connectivity index (χ1) is 9.60. The predicted octanol–water partition coefficient (Wildman–Crippen LogP) is 2.32. The van der Waals surface area contributed by atoms with Crippen LogP contribution in [0.3, 0.4) is 0 Å². The van der Waals surface area contributed by atoms with Crippen LogP contribution in [-0.4, -0.2) is 51.5 Å². The van der Waals surface area contributed by atoms with E-state index in [0.717, 1.165) is 23.7 Å². The van der Waals surface area contributed by atoms with Gasteiger partial charge in [-0.2, -0.15) is 0 Å². The van der Waals surface area contributed by atoms with Crippen LogP contribution >= 0.6 is 11.6 Å². The summed E-state index contributed by atoms with van der Waals surface area (Å²) in [5.41, 5.74) is 7.36. The number of halogens is 1. The quantitative estimate of drug-likeness (QED) is 0.760. The smallest absolute Gasteiger partial charge is 0.0589 e. The molecule has 0 saturated heterocycles. The summed E-state index contributed by atoms with van der Waals surface area (Å²) in [7, 11) is 3.41. The first kappa shape index (κ1) is 17.4. The van der Waals surface area contributed by atoms with Crippen LogP contribution in [0, 0.1) is 0 Å². The summed E-state index contributed by atoms with van der Waals surface area (Å²) in [4.78, 5) is 2.29. The molecule has 0 heterocycles. The third kappa shape index (κ3) is 5.38. The minimum atomic E-state index is 0.00453. The van der Waals surface area contributed by atoms with E-state index in [1.807, 2.05) is 31.2 Å². The van der Waals surface area contributed by atoms with Gasteiger partial charge in [-0.05, 0) is 24.6 Å².